The summed E-state index contributed by atoms with van der Waals surface area (Å²) in [7, 11) is -3.32. The molecule has 3 rings (SSSR count). The lowest BCUT2D eigenvalue weighted by Gasteiger charge is -2.24. The van der Waals surface area contributed by atoms with Crippen LogP contribution in [0.15, 0.2) is 42.5 Å². The number of rotatable bonds is 8. The molecule has 0 aliphatic heterocycles. The van der Waals surface area contributed by atoms with Crippen molar-refractivity contribution in [3.63, 3.8) is 0 Å². The van der Waals surface area contributed by atoms with Gasteiger partial charge >= 0.3 is 7.60 Å². The first-order valence-electron chi connectivity index (χ1n) is 9.09. The number of hydrogen-bond donors (Lipinski definition) is 3. The Bertz CT molecular complexity index is 1150. The van der Waals surface area contributed by atoms with Crippen LogP contribution in [0.3, 0.4) is 0 Å². The van der Waals surface area contributed by atoms with Crippen molar-refractivity contribution in [2.75, 3.05) is 19.0 Å². The molecule has 0 aliphatic carbocycles. The number of fused-ring (bicyclic) bond motifs is 1. The number of ether oxygens (including phenoxy) is 2. The van der Waals surface area contributed by atoms with E-state index >= 15 is 0 Å². The van der Waals surface area contributed by atoms with E-state index in [0.29, 0.717) is 5.13 Å². The van der Waals surface area contributed by atoms with Gasteiger partial charge < -0.3 is 19.3 Å². The minimum Gasteiger partial charge on any atom is -0.493 e. The molecule has 31 heavy (non-hydrogen) atoms. The van der Waals surface area contributed by atoms with Gasteiger partial charge in [0, 0.05) is 5.56 Å². The van der Waals surface area contributed by atoms with E-state index in [1.807, 2.05) is 24.3 Å². The van der Waals surface area contributed by atoms with Crippen LogP contribution < -0.4 is 14.8 Å². The summed E-state index contributed by atoms with van der Waals surface area (Å²) in [6, 6.07) is 11.6. The average molecular weight is 464 g/mol. The number of carbonyl (C=O) groups excluding carboxylic acids is 2. The van der Waals surface area contributed by atoms with Gasteiger partial charge in [0.25, 0.3) is 5.91 Å². The van der Waals surface area contributed by atoms with E-state index in [4.69, 9.17) is 9.47 Å². The maximum Gasteiger partial charge on any atom is 0.338 e. The minimum atomic E-state index is -4.68. The number of methoxy groups -OCH3 is 1. The van der Waals surface area contributed by atoms with Crippen LogP contribution in [0.25, 0.3) is 10.2 Å². The van der Waals surface area contributed by atoms with Crippen LogP contribution in [0.5, 0.6) is 11.5 Å². The number of thiazole rings is 1. The lowest BCUT2D eigenvalue weighted by Crippen LogP contribution is -2.31. The van der Waals surface area contributed by atoms with Crippen molar-refractivity contribution >= 4 is 46.0 Å². The van der Waals surface area contributed by atoms with E-state index in [1.165, 1.54) is 50.5 Å². The van der Waals surface area contributed by atoms with Gasteiger partial charge in [-0.15, -0.1) is 0 Å². The van der Waals surface area contributed by atoms with E-state index in [0.717, 1.165) is 10.2 Å². The van der Waals surface area contributed by atoms with Crippen molar-refractivity contribution in [3.8, 4) is 11.5 Å². The number of ketones is 1. The summed E-state index contributed by atoms with van der Waals surface area (Å²) < 4.78 is 23.3. The Balaban J connectivity index is 1.69. The fraction of sp³-hybridized carbons (Fsp3) is 0.250. The first-order chi connectivity index (χ1) is 14.5. The van der Waals surface area contributed by atoms with Crippen molar-refractivity contribution in [1.82, 2.24) is 4.98 Å². The number of Topliss-reactive ketones (excluding diaryl/α,β-unsaturated/α-hetero) is 1. The largest absolute Gasteiger partial charge is 0.493 e. The number of amides is 1. The molecule has 0 saturated carbocycles. The van der Waals surface area contributed by atoms with Crippen molar-refractivity contribution in [1.29, 1.82) is 0 Å². The zero-order chi connectivity index (χ0) is 22.8. The highest BCUT2D eigenvalue weighted by Crippen LogP contribution is 2.51. The summed E-state index contributed by atoms with van der Waals surface area (Å²) in [4.78, 5) is 48.0. The normalized spacial score (nSPS) is 11.9. The molecular weight excluding hydrogens is 443 g/mol. The summed E-state index contributed by atoms with van der Waals surface area (Å²) in [5.41, 5.74) is 0.834. The van der Waals surface area contributed by atoms with E-state index in [2.05, 4.69) is 10.3 Å². The second-order valence-corrected chi connectivity index (χ2v) is 10.4. The molecule has 1 amide bonds. The van der Waals surface area contributed by atoms with Crippen molar-refractivity contribution < 1.29 is 33.4 Å². The van der Waals surface area contributed by atoms with Crippen LogP contribution >= 0.6 is 18.9 Å². The van der Waals surface area contributed by atoms with Crippen molar-refractivity contribution in [2.24, 2.45) is 0 Å². The first kappa shape index (κ1) is 22.9. The molecule has 1 heterocycles. The van der Waals surface area contributed by atoms with Crippen LogP contribution in [0.2, 0.25) is 0 Å². The number of nitrogens with zero attached hydrogens (tertiary/aromatic N) is 1. The van der Waals surface area contributed by atoms with Gasteiger partial charge in [0.05, 0.1) is 17.3 Å². The quantitative estimate of drug-likeness (QED) is 0.341. The predicted octanol–water partition coefficient (Wildman–Crippen LogP) is 3.46. The number of anilines is 1. The van der Waals surface area contributed by atoms with Gasteiger partial charge in [-0.3, -0.25) is 19.5 Å². The SMILES string of the molecule is COc1cc(C(=O)C(C)(C)P(=O)(O)O)ccc1OCC(=O)Nc1nc2ccccc2s1. The maximum absolute atomic E-state index is 12.6. The number of aromatic nitrogens is 1. The molecule has 0 unspecified atom stereocenters. The van der Waals surface area contributed by atoms with Gasteiger partial charge in [0.1, 0.15) is 5.16 Å². The van der Waals surface area contributed by atoms with Gasteiger partial charge in [0.2, 0.25) is 0 Å². The Morgan fingerprint density at radius 3 is 2.52 bits per heavy atom. The Hall–Kier alpha value is -2.78. The van der Waals surface area contributed by atoms with Gasteiger partial charge in [-0.2, -0.15) is 0 Å². The molecule has 2 aromatic carbocycles. The fourth-order valence-electron chi connectivity index (χ4n) is 2.64. The molecule has 0 aliphatic rings. The van der Waals surface area contributed by atoms with Crippen LogP contribution in [0, 0.1) is 0 Å². The Morgan fingerprint density at radius 2 is 1.87 bits per heavy atom. The third kappa shape index (κ3) is 4.94. The highest BCUT2D eigenvalue weighted by atomic mass is 32.1. The van der Waals surface area contributed by atoms with Crippen molar-refractivity contribution in [2.45, 2.75) is 19.0 Å². The molecule has 1 aromatic heterocycles. The number of benzene rings is 2. The summed E-state index contributed by atoms with van der Waals surface area (Å²) in [5, 5.41) is 1.22. The van der Waals surface area contributed by atoms with Crippen LogP contribution in [-0.4, -0.2) is 45.3 Å². The van der Waals surface area contributed by atoms with Crippen LogP contribution in [-0.2, 0) is 9.36 Å². The molecule has 0 spiro atoms. The standard InChI is InChI=1S/C20H21N2O7PS/c1-20(2,30(25,26)27)18(24)12-8-9-14(15(10-12)28-3)29-11-17(23)22-19-21-13-6-4-5-7-16(13)31-19/h4-10H,11H2,1-3H3,(H,21,22,23)(H2,25,26,27). The smallest absolute Gasteiger partial charge is 0.338 e. The van der Waals surface area contributed by atoms with Crippen molar-refractivity contribution in [3.05, 3.63) is 48.0 Å². The van der Waals surface area contributed by atoms with Gasteiger partial charge in [0.15, 0.2) is 29.0 Å². The lowest BCUT2D eigenvalue weighted by molar-refractivity contribution is -0.118. The Kier molecular flexibility index (Phi) is 6.47. The molecule has 0 saturated heterocycles. The first-order valence-corrected chi connectivity index (χ1v) is 11.5. The molecular formula is C20H21N2O7PS. The van der Waals surface area contributed by atoms with Gasteiger partial charge in [-0.05, 0) is 44.2 Å². The second-order valence-electron chi connectivity index (χ2n) is 7.12. The third-order valence-electron chi connectivity index (χ3n) is 4.61. The molecule has 0 fully saturated rings. The molecule has 0 radical (unpaired) electrons. The van der Waals surface area contributed by atoms with Crippen LogP contribution in [0.4, 0.5) is 5.13 Å². The zero-order valence-electron chi connectivity index (χ0n) is 17.0. The lowest BCUT2D eigenvalue weighted by atomic mass is 10.00. The monoisotopic (exact) mass is 464 g/mol. The number of para-hydroxylation sites is 1. The van der Waals surface area contributed by atoms with Crippen LogP contribution in [0.1, 0.15) is 24.2 Å². The highest BCUT2D eigenvalue weighted by molar-refractivity contribution is 7.54. The second kappa shape index (κ2) is 8.76. The fourth-order valence-corrected chi connectivity index (χ4v) is 3.91. The molecule has 3 aromatic rings. The molecule has 3 N–H and O–H groups in total. The van der Waals surface area contributed by atoms with E-state index in [1.54, 1.807) is 0 Å². The summed E-state index contributed by atoms with van der Waals surface area (Å²) in [6.07, 6.45) is 0. The summed E-state index contributed by atoms with van der Waals surface area (Å²) >= 11 is 1.34. The number of carbonyl (C=O) groups is 2. The van der Waals surface area contributed by atoms with E-state index in [9.17, 15) is 23.9 Å². The minimum absolute atomic E-state index is 0.0523. The number of nitrogens with one attached hydrogen (secondary N) is 1. The molecule has 0 bridgehead atoms. The highest BCUT2D eigenvalue weighted by Gasteiger charge is 2.45. The maximum atomic E-state index is 12.6. The molecule has 11 heteroatoms. The molecule has 164 valence electrons. The summed E-state index contributed by atoms with van der Waals surface area (Å²) in [5.74, 6) is -0.809. The Morgan fingerprint density at radius 1 is 1.16 bits per heavy atom. The summed E-state index contributed by atoms with van der Waals surface area (Å²) in [6.45, 7) is 2.03. The zero-order valence-corrected chi connectivity index (χ0v) is 18.7. The van der Waals surface area contributed by atoms with Gasteiger partial charge in [-0.25, -0.2) is 4.98 Å². The van der Waals surface area contributed by atoms with E-state index in [-0.39, 0.29) is 23.7 Å². The average Bonchev–Trinajstić information content (AvgIpc) is 3.12. The Labute approximate surface area is 182 Å². The predicted molar refractivity (Wildman–Crippen MR) is 117 cm³/mol. The van der Waals surface area contributed by atoms with Gasteiger partial charge in [-0.1, -0.05) is 23.5 Å². The topological polar surface area (TPSA) is 135 Å². The van der Waals surface area contributed by atoms with E-state index < -0.39 is 24.4 Å². The molecule has 9 nitrogen and oxygen atoms in total. The third-order valence-corrected chi connectivity index (χ3v) is 7.22. The number of hydrogen-bond acceptors (Lipinski definition) is 7. The molecule has 0 atom stereocenters.